The van der Waals surface area contributed by atoms with Crippen LogP contribution in [0.5, 0.6) is 0 Å². The fraction of sp³-hybridized carbons (Fsp3) is 0.188. The number of nitrogens with zero attached hydrogens (tertiary/aromatic N) is 1. The molecule has 20 heavy (non-hydrogen) atoms. The van der Waals surface area contributed by atoms with Crippen LogP contribution in [0.3, 0.4) is 0 Å². The number of halogens is 1. The highest BCUT2D eigenvalue weighted by molar-refractivity contribution is 7.80. The van der Waals surface area contributed by atoms with E-state index in [1.165, 1.54) is 17.7 Å². The first-order valence-electron chi connectivity index (χ1n) is 6.42. The van der Waals surface area contributed by atoms with Crippen LogP contribution in [0.2, 0.25) is 0 Å². The van der Waals surface area contributed by atoms with E-state index in [9.17, 15) is 4.39 Å². The highest BCUT2D eigenvalue weighted by Crippen LogP contribution is 2.21. The Labute approximate surface area is 124 Å². The summed E-state index contributed by atoms with van der Waals surface area (Å²) in [6.07, 6.45) is 0.908. The van der Waals surface area contributed by atoms with Gasteiger partial charge in [-0.05, 0) is 30.2 Å². The van der Waals surface area contributed by atoms with E-state index in [2.05, 4.69) is 12.1 Å². The third-order valence-electron chi connectivity index (χ3n) is 3.21. The summed E-state index contributed by atoms with van der Waals surface area (Å²) < 4.78 is 13.3. The van der Waals surface area contributed by atoms with Gasteiger partial charge in [-0.25, -0.2) is 4.39 Å². The van der Waals surface area contributed by atoms with Crippen LogP contribution in [0.15, 0.2) is 48.5 Å². The highest BCUT2D eigenvalue weighted by Gasteiger charge is 2.10. The number of nitrogens with two attached hydrogens (primary N) is 1. The number of hydrogen-bond acceptors (Lipinski definition) is 2. The number of thiocarbonyl (C=S) groups is 1. The molecule has 2 rings (SSSR count). The van der Waals surface area contributed by atoms with Crippen LogP contribution in [-0.4, -0.2) is 18.6 Å². The van der Waals surface area contributed by atoms with Crippen LogP contribution >= 0.6 is 12.2 Å². The molecule has 0 saturated heterocycles. The molecule has 0 aliphatic heterocycles. The van der Waals surface area contributed by atoms with E-state index < -0.39 is 0 Å². The summed E-state index contributed by atoms with van der Waals surface area (Å²) in [6, 6.07) is 14.8. The van der Waals surface area contributed by atoms with Gasteiger partial charge in [0.25, 0.3) is 0 Å². The zero-order valence-electron chi connectivity index (χ0n) is 11.3. The van der Waals surface area contributed by atoms with Crippen molar-refractivity contribution in [3.63, 3.8) is 0 Å². The summed E-state index contributed by atoms with van der Waals surface area (Å²) in [5.41, 5.74) is 8.36. The number of hydrogen-bond donors (Lipinski definition) is 1. The molecule has 0 bridgehead atoms. The van der Waals surface area contributed by atoms with E-state index in [1.807, 2.05) is 30.1 Å². The Morgan fingerprint density at radius 3 is 2.55 bits per heavy atom. The Morgan fingerprint density at radius 2 is 1.90 bits per heavy atom. The van der Waals surface area contributed by atoms with Crippen molar-refractivity contribution in [3.8, 4) is 0 Å². The maximum Gasteiger partial charge on any atom is 0.124 e. The third kappa shape index (κ3) is 3.54. The van der Waals surface area contributed by atoms with E-state index in [4.69, 9.17) is 18.0 Å². The summed E-state index contributed by atoms with van der Waals surface area (Å²) in [6.45, 7) is 0.811. The van der Waals surface area contributed by atoms with Gasteiger partial charge in [-0.15, -0.1) is 0 Å². The molecular weight excluding hydrogens is 271 g/mol. The van der Waals surface area contributed by atoms with Crippen LogP contribution in [0.4, 0.5) is 10.1 Å². The van der Waals surface area contributed by atoms with Crippen molar-refractivity contribution in [3.05, 3.63) is 65.5 Å². The molecule has 2 nitrogen and oxygen atoms in total. The van der Waals surface area contributed by atoms with Crippen molar-refractivity contribution in [2.45, 2.75) is 6.42 Å². The SMILES string of the molecule is CN(CCc1ccccc1)c1ccc(F)cc1C(N)=S. The normalized spacial score (nSPS) is 10.3. The molecule has 0 fully saturated rings. The Balaban J connectivity index is 2.13. The number of rotatable bonds is 5. The van der Waals surface area contributed by atoms with Gasteiger partial charge in [0.15, 0.2) is 0 Å². The number of anilines is 1. The van der Waals surface area contributed by atoms with Gasteiger partial charge in [0.2, 0.25) is 0 Å². The van der Waals surface area contributed by atoms with Gasteiger partial charge in [0, 0.05) is 24.8 Å². The molecule has 104 valence electrons. The predicted molar refractivity (Wildman–Crippen MR) is 85.7 cm³/mol. The van der Waals surface area contributed by atoms with Gasteiger partial charge in [-0.2, -0.15) is 0 Å². The zero-order chi connectivity index (χ0) is 14.5. The minimum atomic E-state index is -0.326. The summed E-state index contributed by atoms with van der Waals surface area (Å²) in [7, 11) is 1.96. The van der Waals surface area contributed by atoms with Gasteiger partial charge in [0.1, 0.15) is 10.8 Å². The molecule has 0 radical (unpaired) electrons. The topological polar surface area (TPSA) is 29.3 Å². The van der Waals surface area contributed by atoms with Crippen molar-refractivity contribution in [2.24, 2.45) is 5.73 Å². The van der Waals surface area contributed by atoms with Crippen molar-refractivity contribution in [1.29, 1.82) is 0 Å². The second-order valence-electron chi connectivity index (χ2n) is 4.68. The van der Waals surface area contributed by atoms with Crippen molar-refractivity contribution in [2.75, 3.05) is 18.5 Å². The van der Waals surface area contributed by atoms with Crippen molar-refractivity contribution >= 4 is 22.9 Å². The van der Waals surface area contributed by atoms with Crippen molar-refractivity contribution < 1.29 is 4.39 Å². The lowest BCUT2D eigenvalue weighted by Crippen LogP contribution is -2.24. The summed E-state index contributed by atoms with van der Waals surface area (Å²) in [5.74, 6) is -0.326. The lowest BCUT2D eigenvalue weighted by atomic mass is 10.1. The van der Waals surface area contributed by atoms with E-state index >= 15 is 0 Å². The molecule has 2 aromatic rings. The molecule has 2 N–H and O–H groups in total. The first-order chi connectivity index (χ1) is 9.58. The molecule has 0 spiro atoms. The van der Waals surface area contributed by atoms with Gasteiger partial charge >= 0.3 is 0 Å². The molecular formula is C16H17FN2S. The summed E-state index contributed by atoms with van der Waals surface area (Å²) in [4.78, 5) is 2.26. The molecule has 0 saturated carbocycles. The number of benzene rings is 2. The van der Waals surface area contributed by atoms with Crippen LogP contribution in [-0.2, 0) is 6.42 Å². The van der Waals surface area contributed by atoms with Crippen LogP contribution in [0.25, 0.3) is 0 Å². The van der Waals surface area contributed by atoms with Gasteiger partial charge in [0.05, 0.1) is 0 Å². The van der Waals surface area contributed by atoms with E-state index in [0.717, 1.165) is 18.7 Å². The standard InChI is InChI=1S/C16H17FN2S/c1-19(10-9-12-5-3-2-4-6-12)15-8-7-13(17)11-14(15)16(18)20/h2-8,11H,9-10H2,1H3,(H2,18,20). The first kappa shape index (κ1) is 14.5. The Kier molecular flexibility index (Phi) is 4.69. The minimum Gasteiger partial charge on any atom is -0.389 e. The maximum absolute atomic E-state index is 13.3. The molecule has 0 amide bonds. The smallest absolute Gasteiger partial charge is 0.124 e. The van der Waals surface area contributed by atoms with Gasteiger partial charge in [-0.3, -0.25) is 0 Å². The Hall–Kier alpha value is -1.94. The molecule has 0 atom stereocenters. The van der Waals surface area contributed by atoms with Gasteiger partial charge in [-0.1, -0.05) is 42.5 Å². The largest absolute Gasteiger partial charge is 0.389 e. The average Bonchev–Trinajstić information content (AvgIpc) is 2.45. The molecule has 0 aliphatic carbocycles. The van der Waals surface area contributed by atoms with Crippen LogP contribution < -0.4 is 10.6 Å². The molecule has 4 heteroatoms. The van der Waals surface area contributed by atoms with Crippen LogP contribution in [0.1, 0.15) is 11.1 Å². The molecule has 2 aromatic carbocycles. The highest BCUT2D eigenvalue weighted by atomic mass is 32.1. The first-order valence-corrected chi connectivity index (χ1v) is 6.83. The fourth-order valence-electron chi connectivity index (χ4n) is 2.10. The quantitative estimate of drug-likeness (QED) is 0.857. The van der Waals surface area contributed by atoms with Crippen LogP contribution in [0, 0.1) is 5.82 Å². The van der Waals surface area contributed by atoms with E-state index in [1.54, 1.807) is 6.07 Å². The Bertz CT molecular complexity index is 599. The summed E-state index contributed by atoms with van der Waals surface area (Å²) in [5, 5.41) is 0. The average molecular weight is 288 g/mol. The number of likely N-dealkylation sites (N-methyl/N-ethyl adjacent to an activating group) is 1. The maximum atomic E-state index is 13.3. The Morgan fingerprint density at radius 1 is 1.20 bits per heavy atom. The lowest BCUT2D eigenvalue weighted by molar-refractivity contribution is 0.627. The summed E-state index contributed by atoms with van der Waals surface area (Å²) >= 11 is 4.99. The zero-order valence-corrected chi connectivity index (χ0v) is 12.2. The van der Waals surface area contributed by atoms with E-state index in [-0.39, 0.29) is 10.8 Å². The monoisotopic (exact) mass is 288 g/mol. The molecule has 0 aromatic heterocycles. The molecule has 0 aliphatic rings. The molecule has 0 heterocycles. The second-order valence-corrected chi connectivity index (χ2v) is 5.12. The minimum absolute atomic E-state index is 0.214. The second kappa shape index (κ2) is 6.48. The van der Waals surface area contributed by atoms with Crippen molar-refractivity contribution in [1.82, 2.24) is 0 Å². The van der Waals surface area contributed by atoms with Gasteiger partial charge < -0.3 is 10.6 Å². The molecule has 0 unspecified atom stereocenters. The van der Waals surface area contributed by atoms with E-state index in [0.29, 0.717) is 5.56 Å². The third-order valence-corrected chi connectivity index (χ3v) is 3.43. The lowest BCUT2D eigenvalue weighted by Gasteiger charge is -2.22. The fourth-order valence-corrected chi connectivity index (χ4v) is 2.26. The predicted octanol–water partition coefficient (Wildman–Crippen LogP) is 3.14.